The van der Waals surface area contributed by atoms with Crippen molar-refractivity contribution in [1.82, 2.24) is 4.90 Å². The average molecular weight is 367 g/mol. The van der Waals surface area contributed by atoms with E-state index in [1.807, 2.05) is 63.2 Å². The third-order valence-electron chi connectivity index (χ3n) is 4.32. The fraction of sp³-hybridized carbons (Fsp3) is 0.364. The summed E-state index contributed by atoms with van der Waals surface area (Å²) in [6.07, 6.45) is 0.368. The number of fused-ring (bicyclic) bond motifs is 1. The van der Waals surface area contributed by atoms with Crippen LogP contribution >= 0.6 is 0 Å². The molecule has 0 fully saturated rings. The van der Waals surface area contributed by atoms with Crippen LogP contribution in [0.15, 0.2) is 48.5 Å². The quantitative estimate of drug-likeness (QED) is 0.758. The first-order chi connectivity index (χ1) is 12.8. The van der Waals surface area contributed by atoms with Crippen molar-refractivity contribution in [3.63, 3.8) is 0 Å². The summed E-state index contributed by atoms with van der Waals surface area (Å²) < 4.78 is 10.8. The van der Waals surface area contributed by atoms with Crippen molar-refractivity contribution in [2.45, 2.75) is 45.9 Å². The van der Waals surface area contributed by atoms with Gasteiger partial charge in [-0.2, -0.15) is 0 Å². The maximum atomic E-state index is 12.3. The molecule has 0 aromatic heterocycles. The Morgan fingerprint density at radius 3 is 2.48 bits per heavy atom. The van der Waals surface area contributed by atoms with Gasteiger partial charge in [0, 0.05) is 13.1 Å². The molecule has 5 nitrogen and oxygen atoms in total. The van der Waals surface area contributed by atoms with E-state index in [2.05, 4.69) is 0 Å². The van der Waals surface area contributed by atoms with E-state index in [4.69, 9.17) is 9.47 Å². The maximum Gasteiger partial charge on any atom is 0.410 e. The molecule has 2 aromatic rings. The third-order valence-corrected chi connectivity index (χ3v) is 4.32. The first kappa shape index (κ1) is 19.0. The van der Waals surface area contributed by atoms with Gasteiger partial charge in [-0.15, -0.1) is 0 Å². The fourth-order valence-corrected chi connectivity index (χ4v) is 2.98. The number of esters is 1. The standard InChI is InChI=1S/C22H25NO4/c1-22(2,3)27-20(24)18-9-10-19-14-23(12-11-17(19)13-18)21(25)26-15-16-7-5-4-6-8-16/h4-10,13H,11-12,14-15H2,1-3H3. The molecule has 1 aliphatic heterocycles. The van der Waals surface area contributed by atoms with Gasteiger partial charge in [-0.3, -0.25) is 0 Å². The summed E-state index contributed by atoms with van der Waals surface area (Å²) in [5, 5.41) is 0. The predicted octanol–water partition coefficient (Wildman–Crippen LogP) is 4.34. The Morgan fingerprint density at radius 2 is 1.78 bits per heavy atom. The SMILES string of the molecule is CC(C)(C)OC(=O)c1ccc2c(c1)CCN(C(=O)OCc1ccccc1)C2. The molecule has 1 aliphatic rings. The van der Waals surface area contributed by atoms with Crippen molar-refractivity contribution in [2.24, 2.45) is 0 Å². The van der Waals surface area contributed by atoms with Gasteiger partial charge >= 0.3 is 12.1 Å². The number of benzene rings is 2. The zero-order valence-electron chi connectivity index (χ0n) is 16.0. The van der Waals surface area contributed by atoms with Crippen LogP contribution < -0.4 is 0 Å². The van der Waals surface area contributed by atoms with Gasteiger partial charge in [-0.1, -0.05) is 36.4 Å². The third kappa shape index (κ3) is 5.09. The topological polar surface area (TPSA) is 55.8 Å². The second kappa shape index (κ2) is 7.82. The molecule has 2 aromatic carbocycles. The van der Waals surface area contributed by atoms with E-state index >= 15 is 0 Å². The number of hydrogen-bond donors (Lipinski definition) is 0. The second-order valence-corrected chi connectivity index (χ2v) is 7.70. The lowest BCUT2D eigenvalue weighted by Crippen LogP contribution is -2.36. The highest BCUT2D eigenvalue weighted by atomic mass is 16.6. The summed E-state index contributed by atoms with van der Waals surface area (Å²) in [7, 11) is 0. The molecule has 0 atom stereocenters. The highest BCUT2D eigenvalue weighted by Crippen LogP contribution is 2.22. The molecule has 0 aliphatic carbocycles. The van der Waals surface area contributed by atoms with E-state index < -0.39 is 5.60 Å². The number of hydrogen-bond acceptors (Lipinski definition) is 4. The average Bonchev–Trinajstić information content (AvgIpc) is 2.64. The minimum Gasteiger partial charge on any atom is -0.456 e. The minimum atomic E-state index is -0.522. The van der Waals surface area contributed by atoms with Gasteiger partial charge < -0.3 is 14.4 Å². The lowest BCUT2D eigenvalue weighted by Gasteiger charge is -2.28. The van der Waals surface area contributed by atoms with Crippen LogP contribution in [0.2, 0.25) is 0 Å². The molecule has 142 valence electrons. The number of nitrogens with zero attached hydrogens (tertiary/aromatic N) is 1. The Morgan fingerprint density at radius 1 is 1.04 bits per heavy atom. The molecule has 0 bridgehead atoms. The first-order valence-corrected chi connectivity index (χ1v) is 9.12. The Bertz CT molecular complexity index is 824. The Labute approximate surface area is 159 Å². The molecule has 0 spiro atoms. The van der Waals surface area contributed by atoms with Crippen molar-refractivity contribution >= 4 is 12.1 Å². The monoisotopic (exact) mass is 367 g/mol. The molecule has 0 N–H and O–H groups in total. The van der Waals surface area contributed by atoms with Crippen LogP contribution in [0.1, 0.15) is 47.8 Å². The molecule has 0 saturated heterocycles. The number of carbonyl (C=O) groups is 2. The molecular weight excluding hydrogens is 342 g/mol. The van der Waals surface area contributed by atoms with Crippen molar-refractivity contribution in [1.29, 1.82) is 0 Å². The van der Waals surface area contributed by atoms with Crippen LogP contribution in [-0.2, 0) is 29.0 Å². The molecule has 1 heterocycles. The van der Waals surface area contributed by atoms with Crippen LogP contribution in [0.25, 0.3) is 0 Å². The minimum absolute atomic E-state index is 0.264. The van der Waals surface area contributed by atoms with Gasteiger partial charge in [0.15, 0.2) is 0 Å². The molecule has 5 heteroatoms. The van der Waals surface area contributed by atoms with Crippen molar-refractivity contribution in [3.8, 4) is 0 Å². The zero-order chi connectivity index (χ0) is 19.4. The summed E-state index contributed by atoms with van der Waals surface area (Å²) >= 11 is 0. The summed E-state index contributed by atoms with van der Waals surface area (Å²) in [6.45, 7) is 6.86. The van der Waals surface area contributed by atoms with Gasteiger partial charge in [-0.25, -0.2) is 9.59 Å². The number of carbonyl (C=O) groups excluding carboxylic acids is 2. The molecule has 1 amide bonds. The Hall–Kier alpha value is -2.82. The second-order valence-electron chi connectivity index (χ2n) is 7.70. The van der Waals surface area contributed by atoms with E-state index in [0.29, 0.717) is 25.1 Å². The van der Waals surface area contributed by atoms with Gasteiger partial charge in [-0.05, 0) is 56.0 Å². The van der Waals surface area contributed by atoms with E-state index in [9.17, 15) is 9.59 Å². The Balaban J connectivity index is 1.61. The zero-order valence-corrected chi connectivity index (χ0v) is 16.0. The number of amides is 1. The van der Waals surface area contributed by atoms with Crippen molar-refractivity contribution in [2.75, 3.05) is 6.54 Å². The van der Waals surface area contributed by atoms with Crippen molar-refractivity contribution < 1.29 is 19.1 Å². The largest absolute Gasteiger partial charge is 0.456 e. The normalized spacial score (nSPS) is 13.7. The van der Waals surface area contributed by atoms with E-state index in [0.717, 1.165) is 16.7 Å². The summed E-state index contributed by atoms with van der Waals surface area (Å²) in [4.78, 5) is 26.3. The van der Waals surface area contributed by atoms with E-state index in [-0.39, 0.29) is 18.7 Å². The summed E-state index contributed by atoms with van der Waals surface area (Å²) in [6, 6.07) is 15.1. The highest BCUT2D eigenvalue weighted by Gasteiger charge is 2.24. The molecule has 0 radical (unpaired) electrons. The molecule has 27 heavy (non-hydrogen) atoms. The maximum absolute atomic E-state index is 12.3. The van der Waals surface area contributed by atoms with Gasteiger partial charge in [0.25, 0.3) is 0 Å². The van der Waals surface area contributed by atoms with Crippen LogP contribution in [-0.4, -0.2) is 29.1 Å². The lowest BCUT2D eigenvalue weighted by molar-refractivity contribution is 0.00691. The van der Waals surface area contributed by atoms with Crippen molar-refractivity contribution in [3.05, 3.63) is 70.8 Å². The van der Waals surface area contributed by atoms with Gasteiger partial charge in [0.2, 0.25) is 0 Å². The smallest absolute Gasteiger partial charge is 0.410 e. The highest BCUT2D eigenvalue weighted by molar-refractivity contribution is 5.90. The molecule has 0 unspecified atom stereocenters. The number of rotatable bonds is 3. The van der Waals surface area contributed by atoms with Gasteiger partial charge in [0.05, 0.1) is 5.56 Å². The van der Waals surface area contributed by atoms with E-state index in [1.54, 1.807) is 11.0 Å². The van der Waals surface area contributed by atoms with Crippen LogP contribution in [0, 0.1) is 0 Å². The van der Waals surface area contributed by atoms with Crippen LogP contribution in [0.4, 0.5) is 4.79 Å². The molecular formula is C22H25NO4. The fourth-order valence-electron chi connectivity index (χ4n) is 2.98. The molecule has 3 rings (SSSR count). The van der Waals surface area contributed by atoms with E-state index in [1.165, 1.54) is 0 Å². The van der Waals surface area contributed by atoms with Crippen LogP contribution in [0.3, 0.4) is 0 Å². The van der Waals surface area contributed by atoms with Gasteiger partial charge in [0.1, 0.15) is 12.2 Å². The van der Waals surface area contributed by atoms with Crippen LogP contribution in [0.5, 0.6) is 0 Å². The summed E-state index contributed by atoms with van der Waals surface area (Å²) in [5.74, 6) is -0.324. The summed E-state index contributed by atoms with van der Waals surface area (Å²) in [5.41, 5.74) is 3.09. The molecule has 0 saturated carbocycles. The number of ether oxygens (including phenoxy) is 2. The predicted molar refractivity (Wildman–Crippen MR) is 102 cm³/mol. The Kier molecular flexibility index (Phi) is 5.49. The lowest BCUT2D eigenvalue weighted by atomic mass is 9.97. The first-order valence-electron chi connectivity index (χ1n) is 9.12.